The van der Waals surface area contributed by atoms with Crippen LogP contribution in [0.4, 0.5) is 10.1 Å². The molecule has 5 nitrogen and oxygen atoms in total. The normalized spacial score (nSPS) is 14.8. The van der Waals surface area contributed by atoms with Gasteiger partial charge in [-0.25, -0.2) is 9.07 Å². The summed E-state index contributed by atoms with van der Waals surface area (Å²) in [5, 5.41) is 8.30. The van der Waals surface area contributed by atoms with E-state index in [4.69, 9.17) is 0 Å². The van der Waals surface area contributed by atoms with Gasteiger partial charge >= 0.3 is 0 Å². The molecule has 1 aliphatic heterocycles. The molecule has 0 unspecified atom stereocenters. The third-order valence-corrected chi connectivity index (χ3v) is 4.88. The van der Waals surface area contributed by atoms with Crippen LogP contribution in [0, 0.1) is 5.82 Å². The van der Waals surface area contributed by atoms with Gasteiger partial charge in [0.1, 0.15) is 5.82 Å². The second-order valence-electron chi connectivity index (χ2n) is 6.49. The average Bonchev–Trinajstić information content (AvgIpc) is 3.17. The molecule has 1 aliphatic rings. The summed E-state index contributed by atoms with van der Waals surface area (Å²) in [5.41, 5.74) is 2.87. The van der Waals surface area contributed by atoms with Crippen molar-refractivity contribution in [1.29, 1.82) is 0 Å². The maximum Gasteiger partial charge on any atom is 0.146 e. The molecule has 2 aromatic carbocycles. The van der Waals surface area contributed by atoms with Gasteiger partial charge in [0.15, 0.2) is 0 Å². The third-order valence-electron chi connectivity index (χ3n) is 4.88. The van der Waals surface area contributed by atoms with Gasteiger partial charge in [0.2, 0.25) is 0 Å². The summed E-state index contributed by atoms with van der Waals surface area (Å²) in [6, 6.07) is 17.2. The molecule has 0 aliphatic carbocycles. The lowest BCUT2D eigenvalue weighted by Crippen LogP contribution is -2.47. The molecule has 2 heterocycles. The third kappa shape index (κ3) is 4.46. The molecule has 27 heavy (non-hydrogen) atoms. The second kappa shape index (κ2) is 8.97. The monoisotopic (exact) mass is 387 g/mol. The number of halogens is 2. The Morgan fingerprint density at radius 3 is 2.30 bits per heavy atom. The van der Waals surface area contributed by atoms with Crippen molar-refractivity contribution in [2.24, 2.45) is 0 Å². The zero-order valence-corrected chi connectivity index (χ0v) is 15.9. The van der Waals surface area contributed by atoms with Crippen LogP contribution < -0.4 is 4.90 Å². The Balaban J connectivity index is 0.00000210. The molecular weight excluding hydrogens is 365 g/mol. The van der Waals surface area contributed by atoms with Crippen molar-refractivity contribution in [1.82, 2.24) is 19.9 Å². The van der Waals surface area contributed by atoms with Crippen molar-refractivity contribution in [3.05, 3.63) is 66.6 Å². The summed E-state index contributed by atoms with van der Waals surface area (Å²) in [6.45, 7) is 5.22. The standard InChI is InChI=1S/C20H22FN5.ClH/c21-18-8-4-5-9-19(18)25-13-10-24(11-14-25)12-15-26-20(16-22-23-26)17-6-2-1-3-7-17;/h1-9,16H,10-15H2;1H. The van der Waals surface area contributed by atoms with E-state index in [1.807, 2.05) is 41.2 Å². The van der Waals surface area contributed by atoms with Crippen molar-refractivity contribution in [3.8, 4) is 11.3 Å². The Kier molecular flexibility index (Phi) is 6.42. The molecule has 0 spiro atoms. The van der Waals surface area contributed by atoms with E-state index in [1.165, 1.54) is 6.07 Å². The minimum Gasteiger partial charge on any atom is -0.367 e. The minimum absolute atomic E-state index is 0. The van der Waals surface area contributed by atoms with Crippen LogP contribution in [0.5, 0.6) is 0 Å². The molecule has 1 saturated heterocycles. The maximum atomic E-state index is 13.9. The lowest BCUT2D eigenvalue weighted by atomic mass is 10.2. The summed E-state index contributed by atoms with van der Waals surface area (Å²) in [6.07, 6.45) is 1.81. The highest BCUT2D eigenvalue weighted by Gasteiger charge is 2.19. The van der Waals surface area contributed by atoms with Gasteiger partial charge in [-0.15, -0.1) is 17.5 Å². The fourth-order valence-corrected chi connectivity index (χ4v) is 3.41. The van der Waals surface area contributed by atoms with Crippen LogP contribution in [0.25, 0.3) is 11.3 Å². The molecule has 0 atom stereocenters. The van der Waals surface area contributed by atoms with Crippen LogP contribution >= 0.6 is 12.4 Å². The largest absolute Gasteiger partial charge is 0.367 e. The lowest BCUT2D eigenvalue weighted by Gasteiger charge is -2.36. The molecule has 0 saturated carbocycles. The van der Waals surface area contributed by atoms with Crippen LogP contribution in [-0.2, 0) is 6.54 Å². The van der Waals surface area contributed by atoms with E-state index in [0.717, 1.165) is 50.5 Å². The number of piperazine rings is 1. The molecule has 7 heteroatoms. The van der Waals surface area contributed by atoms with Crippen LogP contribution in [0.3, 0.4) is 0 Å². The predicted molar refractivity (Wildman–Crippen MR) is 108 cm³/mol. The number of hydrogen-bond acceptors (Lipinski definition) is 4. The Morgan fingerprint density at radius 2 is 1.56 bits per heavy atom. The molecule has 142 valence electrons. The topological polar surface area (TPSA) is 37.2 Å². The lowest BCUT2D eigenvalue weighted by molar-refractivity contribution is 0.243. The Morgan fingerprint density at radius 1 is 0.852 bits per heavy atom. The number of para-hydroxylation sites is 1. The Labute approximate surface area is 164 Å². The van der Waals surface area contributed by atoms with Gasteiger partial charge in [-0.2, -0.15) is 0 Å². The van der Waals surface area contributed by atoms with Gasteiger partial charge in [0.25, 0.3) is 0 Å². The molecule has 0 amide bonds. The van der Waals surface area contributed by atoms with Crippen molar-refractivity contribution in [2.75, 3.05) is 37.6 Å². The highest BCUT2D eigenvalue weighted by molar-refractivity contribution is 5.85. The van der Waals surface area contributed by atoms with Crippen molar-refractivity contribution in [3.63, 3.8) is 0 Å². The molecule has 1 fully saturated rings. The van der Waals surface area contributed by atoms with Gasteiger partial charge in [-0.05, 0) is 12.1 Å². The first kappa shape index (κ1) is 19.3. The van der Waals surface area contributed by atoms with E-state index in [9.17, 15) is 4.39 Å². The summed E-state index contributed by atoms with van der Waals surface area (Å²) >= 11 is 0. The van der Waals surface area contributed by atoms with E-state index in [0.29, 0.717) is 5.69 Å². The predicted octanol–water partition coefficient (Wildman–Crippen LogP) is 3.33. The number of benzene rings is 2. The van der Waals surface area contributed by atoms with Crippen LogP contribution in [0.2, 0.25) is 0 Å². The number of nitrogens with zero attached hydrogens (tertiary/aromatic N) is 5. The van der Waals surface area contributed by atoms with Gasteiger partial charge < -0.3 is 4.90 Å². The smallest absolute Gasteiger partial charge is 0.146 e. The number of aromatic nitrogens is 3. The average molecular weight is 388 g/mol. The quantitative estimate of drug-likeness (QED) is 0.673. The Hall–Kier alpha value is -2.44. The van der Waals surface area contributed by atoms with Crippen molar-refractivity contribution in [2.45, 2.75) is 6.54 Å². The van der Waals surface area contributed by atoms with Crippen molar-refractivity contribution >= 4 is 18.1 Å². The molecule has 0 N–H and O–H groups in total. The highest BCUT2D eigenvalue weighted by atomic mass is 35.5. The molecule has 1 aromatic heterocycles. The highest BCUT2D eigenvalue weighted by Crippen LogP contribution is 2.20. The number of anilines is 1. The SMILES string of the molecule is Cl.Fc1ccccc1N1CCN(CCn2nncc2-c2ccccc2)CC1. The zero-order valence-electron chi connectivity index (χ0n) is 15.0. The molecule has 4 rings (SSSR count). The minimum atomic E-state index is -0.143. The van der Waals surface area contributed by atoms with E-state index in [2.05, 4.69) is 32.2 Å². The summed E-state index contributed by atoms with van der Waals surface area (Å²) in [5.74, 6) is -0.143. The van der Waals surface area contributed by atoms with Gasteiger partial charge in [0.05, 0.1) is 24.1 Å². The number of rotatable bonds is 5. The van der Waals surface area contributed by atoms with Gasteiger partial charge in [-0.3, -0.25) is 4.90 Å². The first-order valence-corrected chi connectivity index (χ1v) is 8.97. The first-order valence-electron chi connectivity index (χ1n) is 8.97. The summed E-state index contributed by atoms with van der Waals surface area (Å²) in [7, 11) is 0. The summed E-state index contributed by atoms with van der Waals surface area (Å²) < 4.78 is 15.9. The fraction of sp³-hybridized carbons (Fsp3) is 0.300. The van der Waals surface area contributed by atoms with Gasteiger partial charge in [0, 0.05) is 38.3 Å². The summed E-state index contributed by atoms with van der Waals surface area (Å²) in [4.78, 5) is 4.52. The zero-order chi connectivity index (χ0) is 17.8. The van der Waals surface area contributed by atoms with Crippen LogP contribution in [-0.4, -0.2) is 52.6 Å². The molecule has 0 bridgehead atoms. The Bertz CT molecular complexity index is 846. The van der Waals surface area contributed by atoms with E-state index in [1.54, 1.807) is 6.07 Å². The second-order valence-corrected chi connectivity index (χ2v) is 6.49. The fourth-order valence-electron chi connectivity index (χ4n) is 3.41. The molecular formula is C20H23ClFN5. The molecule has 3 aromatic rings. The van der Waals surface area contributed by atoms with E-state index >= 15 is 0 Å². The van der Waals surface area contributed by atoms with E-state index < -0.39 is 0 Å². The first-order chi connectivity index (χ1) is 12.8. The van der Waals surface area contributed by atoms with Gasteiger partial charge in [-0.1, -0.05) is 47.7 Å². The van der Waals surface area contributed by atoms with Crippen LogP contribution in [0.15, 0.2) is 60.8 Å². The van der Waals surface area contributed by atoms with E-state index in [-0.39, 0.29) is 18.2 Å². The number of hydrogen-bond donors (Lipinski definition) is 0. The maximum absolute atomic E-state index is 13.9. The van der Waals surface area contributed by atoms with Crippen LogP contribution in [0.1, 0.15) is 0 Å². The molecule has 0 radical (unpaired) electrons. The van der Waals surface area contributed by atoms with Crippen molar-refractivity contribution < 1.29 is 4.39 Å².